The number of hydrogen-bond donors (Lipinski definition) is 0. The summed E-state index contributed by atoms with van der Waals surface area (Å²) in [5.74, 6) is 0.438. The molecule has 22 rings (SSSR count). The standard InChI is InChI=1S/C58H43N.C56H43N/c1-57(2)53-28-12-9-27-51(53)52-39-48(35-36-54(52)57)59(46-33-31-41(32-34-46)43-20-15-19-42(37-43)40-17-5-3-6-18-40)47-24-16-23-45(38-47)58(44-21-7-4-8-22-44)55-29-13-10-25-49(55)50-26-11-14-30-56(50)58;1-55(2)50-26-13-11-24-47(50)49-37-45(33-35-51(49)55)57(43-31-28-39(29-32-43)38-16-5-3-6-17-38)44-22-15-21-42(36-44)56(41-19-7-4-8-20-41)52-27-14-12-25-48(52)54-46-23-10-9-18-40(46)30-34-53(54)56/h3-39H,1-2H3;3-37,53-54H,1-2H3/i3D,5D,6D,17D,18D;. The van der Waals surface area contributed by atoms with Gasteiger partial charge in [0.2, 0.25) is 0 Å². The number of allylic oxidation sites excluding steroid dienone is 1. The second-order valence-electron chi connectivity index (χ2n) is 32.6. The Morgan fingerprint density at radius 1 is 0.250 bits per heavy atom. The van der Waals surface area contributed by atoms with E-state index in [1.165, 1.54) is 122 Å². The summed E-state index contributed by atoms with van der Waals surface area (Å²) in [5, 5.41) is 0. The van der Waals surface area contributed by atoms with Crippen molar-refractivity contribution in [1.82, 2.24) is 0 Å². The molecule has 0 radical (unpaired) electrons. The van der Waals surface area contributed by atoms with Crippen molar-refractivity contribution < 1.29 is 6.85 Å². The summed E-state index contributed by atoms with van der Waals surface area (Å²) >= 11 is 0. The van der Waals surface area contributed by atoms with Crippen LogP contribution in [0.4, 0.5) is 34.1 Å². The molecule has 0 aromatic heterocycles. The minimum atomic E-state index is -0.563. The Balaban J connectivity index is 0.000000150. The fourth-order valence-corrected chi connectivity index (χ4v) is 20.6. The van der Waals surface area contributed by atoms with Gasteiger partial charge in [-0.05, 0) is 224 Å². The summed E-state index contributed by atoms with van der Waals surface area (Å²) in [7, 11) is 0. The summed E-state index contributed by atoms with van der Waals surface area (Å²) in [6, 6.07) is 143. The van der Waals surface area contributed by atoms with Gasteiger partial charge in [0, 0.05) is 56.8 Å². The molecule has 17 aromatic rings. The van der Waals surface area contributed by atoms with E-state index in [0.717, 1.165) is 45.3 Å². The summed E-state index contributed by atoms with van der Waals surface area (Å²) in [4.78, 5) is 4.82. The topological polar surface area (TPSA) is 6.48 Å². The molecule has 0 bridgehead atoms. The molecule has 0 fully saturated rings. The van der Waals surface area contributed by atoms with Gasteiger partial charge in [-0.3, -0.25) is 0 Å². The molecular formula is C114H86N2. The van der Waals surface area contributed by atoms with Crippen LogP contribution in [0.2, 0.25) is 0 Å². The van der Waals surface area contributed by atoms with Crippen LogP contribution in [0.15, 0.2) is 431 Å². The van der Waals surface area contributed by atoms with Crippen LogP contribution in [0.3, 0.4) is 0 Å². The molecule has 3 atom stereocenters. The number of nitrogens with zero attached hydrogens (tertiary/aromatic N) is 2. The third-order valence-electron chi connectivity index (χ3n) is 25.9. The monoisotopic (exact) mass is 1490 g/mol. The molecule has 116 heavy (non-hydrogen) atoms. The summed E-state index contributed by atoms with van der Waals surface area (Å²) in [6.07, 6.45) is 4.88. The van der Waals surface area contributed by atoms with Gasteiger partial charge in [-0.2, -0.15) is 0 Å². The average Bonchev–Trinajstić information content (AvgIpc) is 1.54. The van der Waals surface area contributed by atoms with E-state index in [1.807, 2.05) is 18.2 Å². The SMILES string of the molecule is CC1(C)c2ccccc2-c2cc(N(c3ccc(-c4ccccc4)cc3)c3cccc(C4(c5ccccc5)c5ccccc5C5c6ccccc6C=CC54)c3)ccc21.[2H]c1c([2H])c([2H])c(-c2cccc(-c3ccc(N(c4cccc(C5(c6ccccc6)c6ccccc6-c6ccccc65)c4)c4ccc5c(c4)-c4ccccc4C5(C)C)cc3)c2)c([2H])c1[2H]. The van der Waals surface area contributed by atoms with Gasteiger partial charge in [0.25, 0.3) is 0 Å². The lowest BCUT2D eigenvalue weighted by atomic mass is 9.62. The maximum Gasteiger partial charge on any atom is 0.0714 e. The molecule has 552 valence electrons. The molecule has 3 unspecified atom stereocenters. The molecule has 0 saturated carbocycles. The van der Waals surface area contributed by atoms with Crippen LogP contribution in [0.5, 0.6) is 0 Å². The fourth-order valence-electron chi connectivity index (χ4n) is 20.6. The van der Waals surface area contributed by atoms with Crippen molar-refractivity contribution in [2.45, 2.75) is 55.3 Å². The molecule has 0 amide bonds. The Hall–Kier alpha value is -13.9. The highest BCUT2D eigenvalue weighted by molar-refractivity contribution is 5.92. The van der Waals surface area contributed by atoms with Crippen LogP contribution in [0.25, 0.3) is 72.8 Å². The van der Waals surface area contributed by atoms with Crippen LogP contribution in [0.1, 0.15) is 118 Å². The highest BCUT2D eigenvalue weighted by Crippen LogP contribution is 2.63. The molecule has 0 aliphatic heterocycles. The van der Waals surface area contributed by atoms with E-state index in [1.54, 1.807) is 6.07 Å². The van der Waals surface area contributed by atoms with Crippen LogP contribution >= 0.6 is 0 Å². The highest BCUT2D eigenvalue weighted by atomic mass is 15.1. The predicted molar refractivity (Wildman–Crippen MR) is 485 cm³/mol. The molecule has 2 heteroatoms. The lowest BCUT2D eigenvalue weighted by molar-refractivity contribution is 0.451. The van der Waals surface area contributed by atoms with E-state index < -0.39 is 16.9 Å². The van der Waals surface area contributed by atoms with Crippen molar-refractivity contribution >= 4 is 40.2 Å². The third kappa shape index (κ3) is 11.1. The van der Waals surface area contributed by atoms with Crippen LogP contribution < -0.4 is 9.80 Å². The highest BCUT2D eigenvalue weighted by Gasteiger charge is 2.55. The molecule has 2 nitrogen and oxygen atoms in total. The van der Waals surface area contributed by atoms with Gasteiger partial charge >= 0.3 is 0 Å². The largest absolute Gasteiger partial charge is 0.310 e. The fraction of sp³-hybridized carbons (Fsp3) is 0.0877. The van der Waals surface area contributed by atoms with Crippen molar-refractivity contribution in [2.75, 3.05) is 9.80 Å². The minimum absolute atomic E-state index is 0.0624. The summed E-state index contributed by atoms with van der Waals surface area (Å²) in [5.41, 5.74) is 36.4. The van der Waals surface area contributed by atoms with Crippen molar-refractivity contribution in [3.8, 4) is 66.8 Å². The van der Waals surface area contributed by atoms with E-state index in [4.69, 9.17) is 6.85 Å². The molecular weight excluding hydrogens is 1400 g/mol. The zero-order valence-corrected chi connectivity index (χ0v) is 65.2. The van der Waals surface area contributed by atoms with Gasteiger partial charge in [-0.25, -0.2) is 0 Å². The van der Waals surface area contributed by atoms with Crippen molar-refractivity contribution in [2.24, 2.45) is 5.92 Å². The second kappa shape index (κ2) is 28.0. The van der Waals surface area contributed by atoms with Crippen molar-refractivity contribution in [1.29, 1.82) is 0 Å². The van der Waals surface area contributed by atoms with E-state index >= 15 is 0 Å². The van der Waals surface area contributed by atoms with Crippen LogP contribution in [-0.4, -0.2) is 0 Å². The maximum atomic E-state index is 8.62. The van der Waals surface area contributed by atoms with E-state index in [-0.39, 0.29) is 52.4 Å². The van der Waals surface area contributed by atoms with Crippen LogP contribution in [-0.2, 0) is 21.7 Å². The normalized spacial score (nSPS) is 17.1. The Bertz CT molecular complexity index is 6910. The molecule has 17 aromatic carbocycles. The van der Waals surface area contributed by atoms with E-state index in [9.17, 15) is 0 Å². The first kappa shape index (κ1) is 64.6. The van der Waals surface area contributed by atoms with Gasteiger partial charge in [0.1, 0.15) is 0 Å². The zero-order valence-electron chi connectivity index (χ0n) is 70.2. The number of benzene rings is 17. The van der Waals surface area contributed by atoms with Gasteiger partial charge in [0.15, 0.2) is 0 Å². The van der Waals surface area contributed by atoms with Gasteiger partial charge in [-0.15, -0.1) is 0 Å². The van der Waals surface area contributed by atoms with E-state index in [2.05, 4.69) is 420 Å². The Morgan fingerprint density at radius 2 is 0.629 bits per heavy atom. The lowest BCUT2D eigenvalue weighted by Crippen LogP contribution is -2.36. The first-order chi connectivity index (χ1) is 59.1. The van der Waals surface area contributed by atoms with Crippen molar-refractivity contribution in [3.05, 3.63) is 508 Å². The smallest absolute Gasteiger partial charge is 0.0714 e. The van der Waals surface area contributed by atoms with Gasteiger partial charge in [0.05, 0.1) is 17.7 Å². The maximum absolute atomic E-state index is 8.62. The van der Waals surface area contributed by atoms with E-state index in [0.29, 0.717) is 5.56 Å². The second-order valence-corrected chi connectivity index (χ2v) is 32.6. The Labute approximate surface area is 689 Å². The molecule has 0 heterocycles. The number of hydrogen-bond acceptors (Lipinski definition) is 2. The zero-order chi connectivity index (χ0) is 82.0. The number of rotatable bonds is 13. The minimum Gasteiger partial charge on any atom is -0.310 e. The molecule has 5 aliphatic carbocycles. The molecule has 0 N–H and O–H groups in total. The molecule has 5 aliphatic rings. The first-order valence-electron chi connectivity index (χ1n) is 43.0. The third-order valence-corrected chi connectivity index (χ3v) is 25.9. The molecule has 0 saturated heterocycles. The predicted octanol–water partition coefficient (Wildman–Crippen LogP) is 29.4. The average molecular weight is 1490 g/mol. The van der Waals surface area contributed by atoms with Gasteiger partial charge in [-0.1, -0.05) is 386 Å². The van der Waals surface area contributed by atoms with Crippen molar-refractivity contribution in [3.63, 3.8) is 0 Å². The summed E-state index contributed by atoms with van der Waals surface area (Å²) in [6.45, 7) is 9.33. The Kier molecular flexibility index (Phi) is 15.6. The van der Waals surface area contributed by atoms with Crippen LogP contribution in [0, 0.1) is 5.92 Å². The quantitative estimate of drug-likeness (QED) is 0.114. The summed E-state index contributed by atoms with van der Waals surface area (Å²) < 4.78 is 41.9. The number of anilines is 6. The first-order valence-corrected chi connectivity index (χ1v) is 40.5. The lowest BCUT2D eigenvalue weighted by Gasteiger charge is -2.40. The molecule has 0 spiro atoms. The number of fused-ring (bicyclic) bond motifs is 14. The Morgan fingerprint density at radius 3 is 1.19 bits per heavy atom. The van der Waals surface area contributed by atoms with Gasteiger partial charge < -0.3 is 9.80 Å².